The zero-order valence-electron chi connectivity index (χ0n) is 15.6. The van der Waals surface area contributed by atoms with Crippen molar-refractivity contribution in [2.24, 2.45) is 0 Å². The first kappa shape index (κ1) is 21.2. The van der Waals surface area contributed by atoms with Crippen LogP contribution in [-0.4, -0.2) is 46.4 Å². The molecular weight excluding hydrogens is 386 g/mol. The molecule has 146 valence electrons. The summed E-state index contributed by atoms with van der Waals surface area (Å²) >= 11 is 6.18. The number of nitrogens with zero attached hydrogens (tertiary/aromatic N) is 1. The Balaban J connectivity index is 2.05. The summed E-state index contributed by atoms with van der Waals surface area (Å²) in [7, 11) is 0.189. The number of carbonyl (C=O) groups excluding carboxylic acids is 1. The van der Waals surface area contributed by atoms with E-state index in [0.717, 1.165) is 18.5 Å². The van der Waals surface area contributed by atoms with Gasteiger partial charge in [-0.2, -0.15) is 0 Å². The number of sulfonamides is 1. The molecule has 0 aliphatic heterocycles. The smallest absolute Gasteiger partial charge is 0.261 e. The number of carbonyl (C=O) groups is 1. The molecule has 0 unspecified atom stereocenters. The molecule has 0 aliphatic rings. The fourth-order valence-electron chi connectivity index (χ4n) is 2.36. The fourth-order valence-corrected chi connectivity index (χ4v) is 3.72. The summed E-state index contributed by atoms with van der Waals surface area (Å²) < 4.78 is 27.4. The van der Waals surface area contributed by atoms with Crippen molar-refractivity contribution in [3.05, 3.63) is 58.6 Å². The molecule has 2 rings (SSSR count). The number of halogens is 1. The summed E-state index contributed by atoms with van der Waals surface area (Å²) in [6.07, 6.45) is 0.834. The molecule has 0 aromatic heterocycles. The van der Waals surface area contributed by atoms with E-state index in [1.54, 1.807) is 18.2 Å². The Morgan fingerprint density at radius 2 is 1.78 bits per heavy atom. The van der Waals surface area contributed by atoms with Gasteiger partial charge in [-0.3, -0.25) is 9.52 Å². The Morgan fingerprint density at radius 1 is 1.11 bits per heavy atom. The van der Waals surface area contributed by atoms with Gasteiger partial charge in [0, 0.05) is 12.1 Å². The third-order valence-electron chi connectivity index (χ3n) is 3.87. The van der Waals surface area contributed by atoms with Gasteiger partial charge in [-0.25, -0.2) is 8.42 Å². The summed E-state index contributed by atoms with van der Waals surface area (Å²) in [4.78, 5) is 14.4. The highest BCUT2D eigenvalue weighted by Gasteiger charge is 2.16. The lowest BCUT2D eigenvalue weighted by molar-refractivity contribution is 0.0952. The summed E-state index contributed by atoms with van der Waals surface area (Å²) in [6, 6.07) is 11.0. The first-order valence-corrected chi connectivity index (χ1v) is 10.4. The zero-order chi connectivity index (χ0) is 20.0. The third kappa shape index (κ3) is 6.23. The van der Waals surface area contributed by atoms with Gasteiger partial charge in [0.2, 0.25) is 0 Å². The molecule has 0 radical (unpaired) electrons. The molecule has 0 heterocycles. The van der Waals surface area contributed by atoms with Gasteiger partial charge in [0.05, 0.1) is 15.6 Å². The van der Waals surface area contributed by atoms with Crippen molar-refractivity contribution in [3.8, 4) is 0 Å². The molecule has 2 aromatic rings. The molecule has 2 N–H and O–H groups in total. The number of hydrogen-bond acceptors (Lipinski definition) is 4. The normalized spacial score (nSPS) is 11.4. The van der Waals surface area contributed by atoms with Gasteiger partial charge in [0.25, 0.3) is 15.9 Å². The van der Waals surface area contributed by atoms with Gasteiger partial charge in [0.1, 0.15) is 0 Å². The second-order valence-corrected chi connectivity index (χ2v) is 8.62. The van der Waals surface area contributed by atoms with Crippen molar-refractivity contribution >= 4 is 33.2 Å². The van der Waals surface area contributed by atoms with Gasteiger partial charge in [-0.15, -0.1) is 0 Å². The monoisotopic (exact) mass is 409 g/mol. The minimum atomic E-state index is -3.75. The molecule has 0 atom stereocenters. The molecule has 6 nitrogen and oxygen atoms in total. The van der Waals surface area contributed by atoms with Crippen LogP contribution in [0.4, 0.5) is 5.69 Å². The minimum Gasteiger partial charge on any atom is -0.352 e. The van der Waals surface area contributed by atoms with Gasteiger partial charge in [-0.1, -0.05) is 29.3 Å². The maximum atomic E-state index is 12.5. The lowest BCUT2D eigenvalue weighted by atomic mass is 10.2. The molecular formula is C19H24ClN3O3S. The van der Waals surface area contributed by atoms with Crippen molar-refractivity contribution in [2.45, 2.75) is 18.2 Å². The molecule has 0 saturated heterocycles. The topological polar surface area (TPSA) is 78.5 Å². The van der Waals surface area contributed by atoms with E-state index < -0.39 is 10.0 Å². The van der Waals surface area contributed by atoms with Crippen LogP contribution in [-0.2, 0) is 10.0 Å². The van der Waals surface area contributed by atoms with Crippen LogP contribution < -0.4 is 10.0 Å². The first-order chi connectivity index (χ1) is 12.7. The van der Waals surface area contributed by atoms with Crippen molar-refractivity contribution in [3.63, 3.8) is 0 Å². The van der Waals surface area contributed by atoms with E-state index >= 15 is 0 Å². The average molecular weight is 410 g/mol. The lowest BCUT2D eigenvalue weighted by Gasteiger charge is -2.12. The number of aryl methyl sites for hydroxylation is 1. The zero-order valence-corrected chi connectivity index (χ0v) is 17.2. The SMILES string of the molecule is Cc1ccc(S(=O)(=O)Nc2ccc(C(=O)NCCCN(C)C)cc2Cl)cc1. The molecule has 2 aromatic carbocycles. The number of rotatable bonds is 8. The van der Waals surface area contributed by atoms with E-state index in [1.165, 1.54) is 24.3 Å². The van der Waals surface area contributed by atoms with Gasteiger partial charge < -0.3 is 10.2 Å². The number of amides is 1. The maximum absolute atomic E-state index is 12.5. The number of anilines is 1. The van der Waals surface area contributed by atoms with Crippen LogP contribution in [0.5, 0.6) is 0 Å². The van der Waals surface area contributed by atoms with Crippen molar-refractivity contribution in [1.82, 2.24) is 10.2 Å². The van der Waals surface area contributed by atoms with Gasteiger partial charge in [-0.05, 0) is 64.3 Å². The average Bonchev–Trinajstić information content (AvgIpc) is 2.60. The van der Waals surface area contributed by atoms with Crippen LogP contribution in [0.25, 0.3) is 0 Å². The Bertz CT molecular complexity index is 897. The third-order valence-corrected chi connectivity index (χ3v) is 5.57. The Labute approximate surface area is 165 Å². The summed E-state index contributed by atoms with van der Waals surface area (Å²) in [6.45, 7) is 3.31. The van der Waals surface area contributed by atoms with E-state index in [9.17, 15) is 13.2 Å². The molecule has 1 amide bonds. The van der Waals surface area contributed by atoms with Crippen molar-refractivity contribution in [2.75, 3.05) is 31.9 Å². The minimum absolute atomic E-state index is 0.145. The fraction of sp³-hybridized carbons (Fsp3) is 0.316. The van der Waals surface area contributed by atoms with E-state index in [4.69, 9.17) is 11.6 Å². The second-order valence-electron chi connectivity index (χ2n) is 6.53. The summed E-state index contributed by atoms with van der Waals surface area (Å²) in [5.74, 6) is -0.247. The first-order valence-electron chi connectivity index (χ1n) is 8.51. The molecule has 8 heteroatoms. The molecule has 0 aliphatic carbocycles. The summed E-state index contributed by atoms with van der Waals surface area (Å²) in [5.41, 5.74) is 1.57. The Morgan fingerprint density at radius 3 is 2.37 bits per heavy atom. The molecule has 0 saturated carbocycles. The lowest BCUT2D eigenvalue weighted by Crippen LogP contribution is -2.27. The van der Waals surface area contributed by atoms with Crippen molar-refractivity contribution < 1.29 is 13.2 Å². The molecule has 0 spiro atoms. The van der Waals surface area contributed by atoms with E-state index in [2.05, 4.69) is 10.0 Å². The maximum Gasteiger partial charge on any atom is 0.261 e. The van der Waals surface area contributed by atoms with Crippen LogP contribution in [0.15, 0.2) is 47.4 Å². The van der Waals surface area contributed by atoms with Crippen LogP contribution in [0.2, 0.25) is 5.02 Å². The predicted molar refractivity (Wildman–Crippen MR) is 109 cm³/mol. The van der Waals surface area contributed by atoms with Gasteiger partial charge in [0.15, 0.2) is 0 Å². The van der Waals surface area contributed by atoms with Crippen LogP contribution in [0.1, 0.15) is 22.3 Å². The molecule has 0 bridgehead atoms. The van der Waals surface area contributed by atoms with E-state index in [0.29, 0.717) is 12.1 Å². The highest BCUT2D eigenvalue weighted by molar-refractivity contribution is 7.92. The molecule has 0 fully saturated rings. The largest absolute Gasteiger partial charge is 0.352 e. The number of nitrogens with one attached hydrogen (secondary N) is 2. The second kappa shape index (κ2) is 9.21. The van der Waals surface area contributed by atoms with E-state index in [-0.39, 0.29) is 21.5 Å². The summed E-state index contributed by atoms with van der Waals surface area (Å²) in [5, 5.41) is 2.98. The van der Waals surface area contributed by atoms with Crippen molar-refractivity contribution in [1.29, 1.82) is 0 Å². The number of hydrogen-bond donors (Lipinski definition) is 2. The van der Waals surface area contributed by atoms with Crippen LogP contribution in [0.3, 0.4) is 0 Å². The van der Waals surface area contributed by atoms with E-state index in [1.807, 2.05) is 25.9 Å². The Kier molecular flexibility index (Phi) is 7.24. The van der Waals surface area contributed by atoms with Gasteiger partial charge >= 0.3 is 0 Å². The Hall–Kier alpha value is -2.09. The quantitative estimate of drug-likeness (QED) is 0.656. The molecule has 27 heavy (non-hydrogen) atoms. The van der Waals surface area contributed by atoms with Crippen LogP contribution >= 0.6 is 11.6 Å². The highest BCUT2D eigenvalue weighted by Crippen LogP contribution is 2.26. The highest BCUT2D eigenvalue weighted by atomic mass is 35.5. The predicted octanol–water partition coefficient (Wildman–Crippen LogP) is 3.13. The standard InChI is InChI=1S/C19H24ClN3O3S/c1-14-5-8-16(9-6-14)27(25,26)22-18-10-7-15(13-17(18)20)19(24)21-11-4-12-23(2)3/h5-10,13,22H,4,11-12H2,1-3H3,(H,21,24). The number of benzene rings is 2. The van der Waals surface area contributed by atoms with Crippen LogP contribution in [0, 0.1) is 6.92 Å².